The van der Waals surface area contributed by atoms with Gasteiger partial charge in [-0.05, 0) is 6.92 Å². The van der Waals surface area contributed by atoms with E-state index in [1.807, 2.05) is 0 Å². The summed E-state index contributed by atoms with van der Waals surface area (Å²) in [6.07, 6.45) is 2.01. The highest BCUT2D eigenvalue weighted by Gasteiger charge is 2.21. The summed E-state index contributed by atoms with van der Waals surface area (Å²) in [5.41, 5.74) is -1.19. The lowest BCUT2D eigenvalue weighted by molar-refractivity contribution is -0.423. The first-order valence-electron chi connectivity index (χ1n) is 3.52. The fourth-order valence-electron chi connectivity index (χ4n) is 0.631. The van der Waals surface area contributed by atoms with Crippen molar-refractivity contribution in [3.05, 3.63) is 45.9 Å². The summed E-state index contributed by atoms with van der Waals surface area (Å²) in [5.74, 6) is -2.29. The largest absolute Gasteiger partial charge is 0.502 e. The molecule has 0 aromatic carbocycles. The van der Waals surface area contributed by atoms with Crippen molar-refractivity contribution in [2.75, 3.05) is 0 Å². The summed E-state index contributed by atoms with van der Waals surface area (Å²) in [4.78, 5) is 19.9. The number of nitro groups is 1. The van der Waals surface area contributed by atoms with Gasteiger partial charge in [-0.15, -0.1) is 0 Å². The van der Waals surface area contributed by atoms with Crippen molar-refractivity contribution in [2.24, 2.45) is 0 Å². The molecule has 6 nitrogen and oxygen atoms in total. The molecule has 0 spiro atoms. The van der Waals surface area contributed by atoms with Gasteiger partial charge in [-0.1, -0.05) is 12.7 Å². The Kier molecular flexibility index (Phi) is 4.08. The first-order valence-corrected chi connectivity index (χ1v) is 3.52. The van der Waals surface area contributed by atoms with E-state index in [1.165, 1.54) is 0 Å². The third kappa shape index (κ3) is 2.74. The van der Waals surface area contributed by atoms with Crippen molar-refractivity contribution in [1.82, 2.24) is 0 Å². The second-order valence-electron chi connectivity index (χ2n) is 2.32. The Bertz CT molecular complexity index is 340. The fourth-order valence-corrected chi connectivity index (χ4v) is 0.631. The Morgan fingerprint density at radius 1 is 1.50 bits per heavy atom. The number of aliphatic hydroxyl groups excluding tert-OH is 1. The van der Waals surface area contributed by atoms with Gasteiger partial charge < -0.3 is 10.2 Å². The second kappa shape index (κ2) is 4.80. The Balaban J connectivity index is 5.35. The summed E-state index contributed by atoms with van der Waals surface area (Å²) in [7, 11) is 0. The molecule has 76 valence electrons. The molecule has 0 unspecified atom stereocenters. The molecule has 0 aliphatic rings. The van der Waals surface area contributed by atoms with Crippen LogP contribution in [0.5, 0.6) is 0 Å². The summed E-state index contributed by atoms with van der Waals surface area (Å²) in [6, 6.07) is 0. The van der Waals surface area contributed by atoms with Gasteiger partial charge in [0, 0.05) is 6.08 Å². The van der Waals surface area contributed by atoms with Crippen molar-refractivity contribution in [3.63, 3.8) is 0 Å². The van der Waals surface area contributed by atoms with Crippen LogP contribution in [0.25, 0.3) is 0 Å². The zero-order valence-corrected chi connectivity index (χ0v) is 7.43. The molecule has 0 aromatic rings. The second-order valence-corrected chi connectivity index (χ2v) is 2.32. The Hall–Kier alpha value is -2.11. The summed E-state index contributed by atoms with van der Waals surface area (Å²) in [6.45, 7) is 4.28. The molecule has 0 atom stereocenters. The molecule has 2 N–H and O–H groups in total. The van der Waals surface area contributed by atoms with Gasteiger partial charge in [0.1, 0.15) is 0 Å². The molecule has 0 heterocycles. The molecule has 0 amide bonds. The monoisotopic (exact) mass is 199 g/mol. The average Bonchev–Trinajstić information content (AvgIpc) is 2.11. The van der Waals surface area contributed by atoms with Gasteiger partial charge in [0.25, 0.3) is 0 Å². The van der Waals surface area contributed by atoms with E-state index in [9.17, 15) is 20.0 Å². The van der Waals surface area contributed by atoms with Crippen LogP contribution in [0, 0.1) is 10.1 Å². The number of allylic oxidation sites excluding steroid dienone is 2. The number of rotatable bonds is 4. The van der Waals surface area contributed by atoms with Crippen LogP contribution in [0.3, 0.4) is 0 Å². The third-order valence-electron chi connectivity index (χ3n) is 1.39. The number of hydrogen-bond acceptors (Lipinski definition) is 4. The molecule has 0 radical (unpaired) electrons. The summed E-state index contributed by atoms with van der Waals surface area (Å²) in [5, 5.41) is 28.0. The maximum absolute atomic E-state index is 10.4. The highest BCUT2D eigenvalue weighted by molar-refractivity contribution is 5.87. The van der Waals surface area contributed by atoms with E-state index in [2.05, 4.69) is 6.58 Å². The molecular weight excluding hydrogens is 190 g/mol. The van der Waals surface area contributed by atoms with E-state index in [1.54, 1.807) is 0 Å². The lowest BCUT2D eigenvalue weighted by atomic mass is 10.2. The van der Waals surface area contributed by atoms with Gasteiger partial charge >= 0.3 is 11.7 Å². The van der Waals surface area contributed by atoms with Crippen molar-refractivity contribution in [2.45, 2.75) is 6.92 Å². The molecule has 0 saturated carbocycles. The van der Waals surface area contributed by atoms with Crippen LogP contribution in [0.1, 0.15) is 6.92 Å². The normalized spacial score (nSPS) is 13.1. The van der Waals surface area contributed by atoms with Crippen LogP contribution in [0.4, 0.5) is 0 Å². The number of carbonyl (C=O) groups is 1. The van der Waals surface area contributed by atoms with E-state index in [0.29, 0.717) is 0 Å². The van der Waals surface area contributed by atoms with Gasteiger partial charge in [0.05, 0.1) is 10.5 Å². The first-order chi connectivity index (χ1) is 6.41. The summed E-state index contributed by atoms with van der Waals surface area (Å²) >= 11 is 0. The fraction of sp³-hybridized carbons (Fsp3) is 0.125. The molecular formula is C8H9NO5. The summed E-state index contributed by atoms with van der Waals surface area (Å²) < 4.78 is 0. The van der Waals surface area contributed by atoms with Crippen molar-refractivity contribution < 1.29 is 19.9 Å². The van der Waals surface area contributed by atoms with Crippen LogP contribution in [-0.2, 0) is 4.79 Å². The molecule has 0 aliphatic heterocycles. The lowest BCUT2D eigenvalue weighted by Gasteiger charge is -1.98. The molecule has 14 heavy (non-hydrogen) atoms. The number of hydrogen-bond donors (Lipinski definition) is 2. The maximum Gasteiger partial charge on any atom is 0.335 e. The molecule has 0 fully saturated rings. The van der Waals surface area contributed by atoms with Crippen molar-refractivity contribution in [1.29, 1.82) is 0 Å². The van der Waals surface area contributed by atoms with Crippen LogP contribution >= 0.6 is 0 Å². The van der Waals surface area contributed by atoms with Gasteiger partial charge in [-0.3, -0.25) is 10.1 Å². The van der Waals surface area contributed by atoms with Gasteiger partial charge in [-0.2, -0.15) is 0 Å². The zero-order valence-electron chi connectivity index (χ0n) is 7.43. The predicted octanol–water partition coefficient (Wildman–Crippen LogP) is 1.25. The number of nitrogens with zero attached hydrogens (tertiary/aromatic N) is 1. The van der Waals surface area contributed by atoms with E-state index in [0.717, 1.165) is 19.1 Å². The Morgan fingerprint density at radius 2 is 2.00 bits per heavy atom. The van der Waals surface area contributed by atoms with Crippen LogP contribution < -0.4 is 0 Å². The minimum atomic E-state index is -1.42. The zero-order chi connectivity index (χ0) is 11.3. The Morgan fingerprint density at radius 3 is 2.29 bits per heavy atom. The quantitative estimate of drug-likeness (QED) is 0.233. The molecule has 6 heteroatoms. The minimum Gasteiger partial charge on any atom is -0.502 e. The van der Waals surface area contributed by atoms with Crippen molar-refractivity contribution >= 4 is 5.97 Å². The third-order valence-corrected chi connectivity index (χ3v) is 1.39. The van der Waals surface area contributed by atoms with E-state index in [4.69, 9.17) is 5.11 Å². The SMILES string of the molecule is C=C/C=C(\C(O)=C(/C)C(=O)O)[N+](=O)[O-]. The molecule has 0 aliphatic carbocycles. The van der Waals surface area contributed by atoms with Crippen LogP contribution in [-0.4, -0.2) is 21.1 Å². The van der Waals surface area contributed by atoms with Gasteiger partial charge in [0.15, 0.2) is 0 Å². The predicted molar refractivity (Wildman–Crippen MR) is 48.2 cm³/mol. The molecule has 0 saturated heterocycles. The number of carboxylic acids is 1. The highest BCUT2D eigenvalue weighted by Crippen LogP contribution is 2.12. The average molecular weight is 199 g/mol. The van der Waals surface area contributed by atoms with E-state index >= 15 is 0 Å². The standard InChI is InChI=1S/C8H9NO5/c1-3-4-6(9(13)14)7(10)5(2)8(11)12/h3-4,10H,1H2,2H3,(H,11,12)/b6-4+,7-5-. The van der Waals surface area contributed by atoms with Gasteiger partial charge in [-0.25, -0.2) is 4.79 Å². The van der Waals surface area contributed by atoms with E-state index < -0.39 is 27.9 Å². The van der Waals surface area contributed by atoms with E-state index in [-0.39, 0.29) is 0 Å². The molecule has 0 bridgehead atoms. The molecule has 0 rings (SSSR count). The number of aliphatic carboxylic acids is 1. The molecule has 0 aromatic heterocycles. The maximum atomic E-state index is 10.4. The topological polar surface area (TPSA) is 101 Å². The first kappa shape index (κ1) is 11.9. The number of aliphatic hydroxyl groups is 1. The highest BCUT2D eigenvalue weighted by atomic mass is 16.6. The van der Waals surface area contributed by atoms with Crippen LogP contribution in [0.15, 0.2) is 35.8 Å². The minimum absolute atomic E-state index is 0.491. The van der Waals surface area contributed by atoms with Crippen LogP contribution in [0.2, 0.25) is 0 Å². The Labute approximate surface area is 79.6 Å². The smallest absolute Gasteiger partial charge is 0.335 e. The number of carboxylic acid groups (broad SMARTS) is 1. The lowest BCUT2D eigenvalue weighted by Crippen LogP contribution is -2.08. The van der Waals surface area contributed by atoms with Gasteiger partial charge in [0.2, 0.25) is 5.76 Å². The van der Waals surface area contributed by atoms with Crippen molar-refractivity contribution in [3.8, 4) is 0 Å².